The van der Waals surface area contributed by atoms with Crippen molar-refractivity contribution in [2.75, 3.05) is 36.1 Å². The maximum Gasteiger partial charge on any atom is 0.414 e. The minimum Gasteiger partial charge on any atom is -0.444 e. The summed E-state index contributed by atoms with van der Waals surface area (Å²) in [5.41, 5.74) is 7.63. The van der Waals surface area contributed by atoms with Crippen LogP contribution < -0.4 is 15.5 Å². The van der Waals surface area contributed by atoms with Gasteiger partial charge in [0.05, 0.1) is 18.0 Å². The first-order chi connectivity index (χ1) is 13.5. The molecule has 0 radical (unpaired) electrons. The van der Waals surface area contributed by atoms with E-state index in [1.165, 1.54) is 11.3 Å². The number of nitrogens with two attached hydrogens (primary N) is 1. The van der Waals surface area contributed by atoms with E-state index in [9.17, 15) is 14.4 Å². The Bertz CT molecular complexity index is 911. The zero-order valence-corrected chi connectivity index (χ0v) is 15.8. The number of amides is 3. The van der Waals surface area contributed by atoms with Gasteiger partial charge in [-0.05, 0) is 41.3 Å². The van der Waals surface area contributed by atoms with Crippen LogP contribution in [0.1, 0.15) is 15.2 Å². The number of nitrogens with zero attached hydrogens (tertiary/aromatic N) is 2. The van der Waals surface area contributed by atoms with Crippen molar-refractivity contribution in [1.29, 1.82) is 0 Å². The largest absolute Gasteiger partial charge is 0.444 e. The molecular formula is C19H19N3O5S. The monoisotopic (exact) mass is 401 g/mol. The Balaban J connectivity index is 1.44. The van der Waals surface area contributed by atoms with Gasteiger partial charge in [0.1, 0.15) is 12.7 Å². The quantitative estimate of drug-likeness (QED) is 0.823. The maximum absolute atomic E-state index is 12.3. The summed E-state index contributed by atoms with van der Waals surface area (Å²) in [5, 5.41) is 1.80. The number of cyclic esters (lactones) is 1. The Morgan fingerprint density at radius 1 is 1.14 bits per heavy atom. The van der Waals surface area contributed by atoms with Gasteiger partial charge in [0.2, 0.25) is 0 Å². The van der Waals surface area contributed by atoms with Gasteiger partial charge in [0, 0.05) is 24.3 Å². The molecule has 8 nitrogen and oxygen atoms in total. The summed E-state index contributed by atoms with van der Waals surface area (Å²) in [6, 6.07) is 9.03. The first kappa shape index (κ1) is 18.5. The van der Waals surface area contributed by atoms with E-state index in [0.717, 1.165) is 11.3 Å². The van der Waals surface area contributed by atoms with Gasteiger partial charge in [0.15, 0.2) is 0 Å². The number of hydrogen-bond donors (Lipinski definition) is 1. The van der Waals surface area contributed by atoms with E-state index in [2.05, 4.69) is 0 Å². The van der Waals surface area contributed by atoms with Crippen molar-refractivity contribution in [3.05, 3.63) is 46.2 Å². The first-order valence-corrected chi connectivity index (χ1v) is 9.73. The van der Waals surface area contributed by atoms with E-state index < -0.39 is 12.0 Å². The van der Waals surface area contributed by atoms with Gasteiger partial charge < -0.3 is 20.1 Å². The van der Waals surface area contributed by atoms with Crippen molar-refractivity contribution >= 4 is 40.6 Å². The predicted octanol–water partition coefficient (Wildman–Crippen LogP) is 1.78. The fourth-order valence-electron chi connectivity index (χ4n) is 3.40. The number of rotatable bonds is 5. The van der Waals surface area contributed by atoms with Crippen molar-refractivity contribution in [1.82, 2.24) is 0 Å². The Hall–Kier alpha value is -2.91. The van der Waals surface area contributed by atoms with Crippen LogP contribution in [0.2, 0.25) is 0 Å². The number of thiophene rings is 1. The lowest BCUT2D eigenvalue weighted by atomic mass is 10.1. The van der Waals surface area contributed by atoms with E-state index in [4.69, 9.17) is 15.2 Å². The second-order valence-corrected chi connectivity index (χ2v) is 7.49. The molecule has 3 heterocycles. The lowest BCUT2D eigenvalue weighted by Gasteiger charge is -2.27. The van der Waals surface area contributed by atoms with Crippen LogP contribution in [0, 0.1) is 0 Å². The van der Waals surface area contributed by atoms with Crippen LogP contribution in [0.25, 0.3) is 0 Å². The zero-order valence-electron chi connectivity index (χ0n) is 15.0. The van der Waals surface area contributed by atoms with Gasteiger partial charge in [-0.3, -0.25) is 14.5 Å². The topological polar surface area (TPSA) is 102 Å². The van der Waals surface area contributed by atoms with Gasteiger partial charge in [-0.15, -0.1) is 11.3 Å². The molecule has 1 aromatic carbocycles. The van der Waals surface area contributed by atoms with Gasteiger partial charge in [-0.1, -0.05) is 0 Å². The minimum atomic E-state index is -0.473. The molecule has 2 aliphatic rings. The van der Waals surface area contributed by atoms with Crippen molar-refractivity contribution in [3.8, 4) is 0 Å². The summed E-state index contributed by atoms with van der Waals surface area (Å²) in [5.74, 6) is -0.555. The lowest BCUT2D eigenvalue weighted by Crippen LogP contribution is -2.41. The molecule has 9 heteroatoms. The van der Waals surface area contributed by atoms with Crippen molar-refractivity contribution in [2.45, 2.75) is 12.5 Å². The summed E-state index contributed by atoms with van der Waals surface area (Å²) in [6.07, 6.45) is -0.360. The molecule has 146 valence electrons. The highest BCUT2D eigenvalue weighted by Gasteiger charge is 2.33. The molecule has 3 amide bonds. The minimum absolute atomic E-state index is 0.0811. The van der Waals surface area contributed by atoms with Crippen LogP contribution in [-0.2, 0) is 20.7 Å². The van der Waals surface area contributed by atoms with Crippen LogP contribution in [0.3, 0.4) is 0 Å². The third-order valence-corrected chi connectivity index (χ3v) is 5.72. The van der Waals surface area contributed by atoms with Gasteiger partial charge >= 0.3 is 6.09 Å². The number of carbonyl (C=O) groups excluding carboxylic acids is 3. The number of morpholine rings is 1. The highest BCUT2D eigenvalue weighted by molar-refractivity contribution is 7.12. The molecule has 2 aliphatic heterocycles. The standard InChI is InChI=1S/C19H19N3O5S/c20-18(24)17-12(5-8-28-17)9-15-10-22(19(25)27-15)14-3-1-13(2-4-14)21-6-7-26-11-16(21)23/h1-5,8,15H,6-7,9-11H2,(H2,20,24)/t15-/m0/s1. The van der Waals surface area contributed by atoms with E-state index in [1.807, 2.05) is 18.2 Å². The second-order valence-electron chi connectivity index (χ2n) is 6.57. The molecule has 0 saturated carbocycles. The number of ether oxygens (including phenoxy) is 2. The molecule has 0 unspecified atom stereocenters. The van der Waals surface area contributed by atoms with E-state index >= 15 is 0 Å². The fraction of sp³-hybridized carbons (Fsp3) is 0.316. The van der Waals surface area contributed by atoms with E-state index in [0.29, 0.717) is 36.7 Å². The number of carbonyl (C=O) groups is 3. The third kappa shape index (κ3) is 3.58. The summed E-state index contributed by atoms with van der Waals surface area (Å²) < 4.78 is 10.6. The molecule has 0 spiro atoms. The van der Waals surface area contributed by atoms with Gasteiger partial charge in [0.25, 0.3) is 11.8 Å². The van der Waals surface area contributed by atoms with E-state index in [-0.39, 0.29) is 18.6 Å². The molecule has 1 aromatic heterocycles. The number of primary amides is 1. The average Bonchev–Trinajstić information content (AvgIpc) is 3.29. The fourth-order valence-corrected chi connectivity index (χ4v) is 4.19. The van der Waals surface area contributed by atoms with Crippen molar-refractivity contribution < 1.29 is 23.9 Å². The summed E-state index contributed by atoms with van der Waals surface area (Å²) >= 11 is 1.28. The Morgan fingerprint density at radius 3 is 2.54 bits per heavy atom. The van der Waals surface area contributed by atoms with Crippen LogP contribution in [0.5, 0.6) is 0 Å². The number of anilines is 2. The van der Waals surface area contributed by atoms with Crippen LogP contribution in [0.15, 0.2) is 35.7 Å². The highest BCUT2D eigenvalue weighted by Crippen LogP contribution is 2.28. The molecule has 2 saturated heterocycles. The maximum atomic E-state index is 12.3. The highest BCUT2D eigenvalue weighted by atomic mass is 32.1. The van der Waals surface area contributed by atoms with Crippen LogP contribution in [0.4, 0.5) is 16.2 Å². The second kappa shape index (κ2) is 7.61. The SMILES string of the molecule is NC(=O)c1sccc1C[C@H]1CN(c2ccc(N3CCOCC3=O)cc2)C(=O)O1. The van der Waals surface area contributed by atoms with Crippen molar-refractivity contribution in [3.63, 3.8) is 0 Å². The van der Waals surface area contributed by atoms with Gasteiger partial charge in [-0.2, -0.15) is 0 Å². The van der Waals surface area contributed by atoms with E-state index in [1.54, 1.807) is 27.3 Å². The van der Waals surface area contributed by atoms with Gasteiger partial charge in [-0.25, -0.2) is 4.79 Å². The number of hydrogen-bond acceptors (Lipinski definition) is 6. The van der Waals surface area contributed by atoms with Crippen LogP contribution >= 0.6 is 11.3 Å². The molecule has 4 rings (SSSR count). The molecule has 1 atom stereocenters. The average molecular weight is 401 g/mol. The summed E-state index contributed by atoms with van der Waals surface area (Å²) in [6.45, 7) is 1.47. The smallest absolute Gasteiger partial charge is 0.414 e. The molecule has 2 aromatic rings. The normalized spacial score (nSPS) is 19.8. The Kier molecular flexibility index (Phi) is 5.01. The summed E-state index contributed by atoms with van der Waals surface area (Å²) in [4.78, 5) is 39.4. The summed E-state index contributed by atoms with van der Waals surface area (Å²) in [7, 11) is 0. The molecule has 0 bridgehead atoms. The molecule has 2 N–H and O–H groups in total. The Labute approximate surface area is 165 Å². The predicted molar refractivity (Wildman–Crippen MR) is 104 cm³/mol. The Morgan fingerprint density at radius 2 is 1.86 bits per heavy atom. The lowest BCUT2D eigenvalue weighted by molar-refractivity contribution is -0.125. The third-order valence-electron chi connectivity index (χ3n) is 4.75. The first-order valence-electron chi connectivity index (χ1n) is 8.85. The number of benzene rings is 1. The molecule has 2 fully saturated rings. The van der Waals surface area contributed by atoms with Crippen LogP contribution in [-0.4, -0.2) is 50.3 Å². The molecule has 0 aliphatic carbocycles. The molecular weight excluding hydrogens is 382 g/mol. The zero-order chi connectivity index (χ0) is 19.7. The molecule has 28 heavy (non-hydrogen) atoms. The van der Waals surface area contributed by atoms with Crippen molar-refractivity contribution in [2.24, 2.45) is 5.73 Å².